The van der Waals surface area contributed by atoms with E-state index < -0.39 is 0 Å². The van der Waals surface area contributed by atoms with Crippen molar-refractivity contribution in [1.82, 2.24) is 9.97 Å². The molecule has 3 rings (SSSR count). The first-order chi connectivity index (χ1) is 9.76. The molecule has 0 spiro atoms. The van der Waals surface area contributed by atoms with Gasteiger partial charge < -0.3 is 9.47 Å². The molecule has 1 aromatic carbocycles. The molecule has 104 valence electrons. The molecule has 1 saturated carbocycles. The SMILES string of the molecule is COc1ccc(COc2ncc(F)c(C3CC3)n2)cc1. The summed E-state index contributed by atoms with van der Waals surface area (Å²) in [6.45, 7) is 0.347. The van der Waals surface area contributed by atoms with Crippen LogP contribution in [0.3, 0.4) is 0 Å². The summed E-state index contributed by atoms with van der Waals surface area (Å²) in [6, 6.07) is 7.76. The molecule has 4 nitrogen and oxygen atoms in total. The van der Waals surface area contributed by atoms with Crippen molar-refractivity contribution >= 4 is 0 Å². The number of nitrogens with zero attached hydrogens (tertiary/aromatic N) is 2. The molecule has 1 heterocycles. The maximum absolute atomic E-state index is 13.5. The number of methoxy groups -OCH3 is 1. The molecule has 1 aliphatic rings. The molecule has 0 amide bonds. The molecule has 0 bridgehead atoms. The summed E-state index contributed by atoms with van der Waals surface area (Å²) in [5, 5.41) is 0. The zero-order valence-corrected chi connectivity index (χ0v) is 11.2. The molecule has 0 N–H and O–H groups in total. The van der Waals surface area contributed by atoms with Crippen LogP contribution in [0.4, 0.5) is 4.39 Å². The van der Waals surface area contributed by atoms with Crippen LogP contribution in [0.2, 0.25) is 0 Å². The number of aromatic nitrogens is 2. The Kier molecular flexibility index (Phi) is 3.50. The maximum atomic E-state index is 13.5. The second-order valence-electron chi connectivity index (χ2n) is 4.80. The van der Waals surface area contributed by atoms with Crippen LogP contribution >= 0.6 is 0 Å². The lowest BCUT2D eigenvalue weighted by atomic mass is 10.2. The van der Waals surface area contributed by atoms with Crippen LogP contribution in [0.25, 0.3) is 0 Å². The van der Waals surface area contributed by atoms with Crippen molar-refractivity contribution in [3.05, 3.63) is 47.5 Å². The Morgan fingerprint density at radius 1 is 1.25 bits per heavy atom. The van der Waals surface area contributed by atoms with E-state index in [4.69, 9.17) is 9.47 Å². The van der Waals surface area contributed by atoms with Gasteiger partial charge in [0, 0.05) is 5.92 Å². The number of hydrogen-bond acceptors (Lipinski definition) is 4. The number of benzene rings is 1. The van der Waals surface area contributed by atoms with E-state index in [0.717, 1.165) is 24.2 Å². The molecule has 1 aromatic heterocycles. The standard InChI is InChI=1S/C15H15FN2O2/c1-19-12-6-2-10(3-7-12)9-20-15-17-8-13(16)14(18-15)11-4-5-11/h2-3,6-8,11H,4-5,9H2,1H3. The van der Waals surface area contributed by atoms with E-state index in [9.17, 15) is 4.39 Å². The minimum Gasteiger partial charge on any atom is -0.497 e. The normalized spacial score (nSPS) is 14.1. The smallest absolute Gasteiger partial charge is 0.317 e. The van der Waals surface area contributed by atoms with Gasteiger partial charge in [0.2, 0.25) is 0 Å². The molecule has 0 saturated heterocycles. The van der Waals surface area contributed by atoms with Gasteiger partial charge in [-0.2, -0.15) is 4.98 Å². The average Bonchev–Trinajstić information content (AvgIpc) is 3.31. The first-order valence-corrected chi connectivity index (χ1v) is 6.54. The van der Waals surface area contributed by atoms with E-state index in [0.29, 0.717) is 12.3 Å². The summed E-state index contributed by atoms with van der Waals surface area (Å²) in [5.74, 6) is 0.688. The Morgan fingerprint density at radius 2 is 2.00 bits per heavy atom. The van der Waals surface area contributed by atoms with Crippen molar-refractivity contribution in [3.8, 4) is 11.8 Å². The predicted molar refractivity (Wildman–Crippen MR) is 71.3 cm³/mol. The summed E-state index contributed by atoms with van der Waals surface area (Å²) in [6.07, 6.45) is 3.17. The Balaban J connectivity index is 1.66. The molecule has 5 heteroatoms. The Bertz CT molecular complexity index is 597. The van der Waals surface area contributed by atoms with Crippen LogP contribution in [0.5, 0.6) is 11.8 Å². The van der Waals surface area contributed by atoms with Crippen molar-refractivity contribution < 1.29 is 13.9 Å². The third kappa shape index (κ3) is 2.87. The second-order valence-corrected chi connectivity index (χ2v) is 4.80. The minimum absolute atomic E-state index is 0.226. The van der Waals surface area contributed by atoms with E-state index in [-0.39, 0.29) is 17.7 Å². The number of hydrogen-bond donors (Lipinski definition) is 0. The third-order valence-electron chi connectivity index (χ3n) is 3.24. The average molecular weight is 274 g/mol. The third-order valence-corrected chi connectivity index (χ3v) is 3.24. The molecular formula is C15H15FN2O2. The van der Waals surface area contributed by atoms with Gasteiger partial charge in [-0.05, 0) is 30.5 Å². The fourth-order valence-corrected chi connectivity index (χ4v) is 1.95. The lowest BCUT2D eigenvalue weighted by Gasteiger charge is -2.07. The van der Waals surface area contributed by atoms with Crippen LogP contribution in [0, 0.1) is 5.82 Å². The van der Waals surface area contributed by atoms with E-state index in [1.807, 2.05) is 24.3 Å². The summed E-state index contributed by atoms with van der Waals surface area (Å²) in [7, 11) is 1.62. The Hall–Kier alpha value is -2.17. The van der Waals surface area contributed by atoms with Crippen LogP contribution in [0.15, 0.2) is 30.5 Å². The Labute approximate surface area is 116 Å². The van der Waals surface area contributed by atoms with Crippen molar-refractivity contribution in [2.45, 2.75) is 25.4 Å². The monoisotopic (exact) mass is 274 g/mol. The highest BCUT2D eigenvalue weighted by Gasteiger charge is 2.28. The van der Waals surface area contributed by atoms with Gasteiger partial charge in [0.25, 0.3) is 0 Å². The van der Waals surface area contributed by atoms with Gasteiger partial charge in [0.05, 0.1) is 19.0 Å². The van der Waals surface area contributed by atoms with Gasteiger partial charge in [-0.25, -0.2) is 9.37 Å². The fourth-order valence-electron chi connectivity index (χ4n) is 1.95. The van der Waals surface area contributed by atoms with E-state index in [2.05, 4.69) is 9.97 Å². The topological polar surface area (TPSA) is 44.2 Å². The van der Waals surface area contributed by atoms with E-state index >= 15 is 0 Å². The largest absolute Gasteiger partial charge is 0.497 e. The molecule has 0 atom stereocenters. The summed E-state index contributed by atoms with van der Waals surface area (Å²) < 4.78 is 24.1. The van der Waals surface area contributed by atoms with Crippen molar-refractivity contribution in [3.63, 3.8) is 0 Å². The maximum Gasteiger partial charge on any atom is 0.317 e. The van der Waals surface area contributed by atoms with Crippen molar-refractivity contribution in [2.24, 2.45) is 0 Å². The van der Waals surface area contributed by atoms with Crippen LogP contribution in [0.1, 0.15) is 30.0 Å². The highest BCUT2D eigenvalue weighted by Crippen LogP contribution is 2.40. The van der Waals surface area contributed by atoms with Crippen LogP contribution in [-0.2, 0) is 6.61 Å². The Morgan fingerprint density at radius 3 is 2.65 bits per heavy atom. The van der Waals surface area contributed by atoms with Gasteiger partial charge >= 0.3 is 6.01 Å². The molecule has 0 unspecified atom stereocenters. The minimum atomic E-state index is -0.343. The molecule has 0 radical (unpaired) electrons. The molecule has 1 fully saturated rings. The number of rotatable bonds is 5. The number of ether oxygens (including phenoxy) is 2. The quantitative estimate of drug-likeness (QED) is 0.840. The summed E-state index contributed by atoms with van der Waals surface area (Å²) in [5.41, 5.74) is 1.46. The number of halogens is 1. The molecular weight excluding hydrogens is 259 g/mol. The molecule has 0 aliphatic heterocycles. The molecule has 2 aromatic rings. The van der Waals surface area contributed by atoms with Crippen LogP contribution in [-0.4, -0.2) is 17.1 Å². The van der Waals surface area contributed by atoms with Gasteiger partial charge in [-0.3, -0.25) is 0 Å². The lowest BCUT2D eigenvalue weighted by molar-refractivity contribution is 0.277. The van der Waals surface area contributed by atoms with Gasteiger partial charge in [-0.1, -0.05) is 12.1 Å². The van der Waals surface area contributed by atoms with Crippen molar-refractivity contribution in [2.75, 3.05) is 7.11 Å². The fraction of sp³-hybridized carbons (Fsp3) is 0.333. The van der Waals surface area contributed by atoms with Crippen molar-refractivity contribution in [1.29, 1.82) is 0 Å². The van der Waals surface area contributed by atoms with Gasteiger partial charge in [0.15, 0.2) is 5.82 Å². The lowest BCUT2D eigenvalue weighted by Crippen LogP contribution is -2.03. The highest BCUT2D eigenvalue weighted by molar-refractivity contribution is 5.27. The molecule has 20 heavy (non-hydrogen) atoms. The first-order valence-electron chi connectivity index (χ1n) is 6.54. The van der Waals surface area contributed by atoms with Crippen LogP contribution < -0.4 is 9.47 Å². The second kappa shape index (κ2) is 5.45. The van der Waals surface area contributed by atoms with E-state index in [1.165, 1.54) is 6.20 Å². The van der Waals surface area contributed by atoms with Gasteiger partial charge in [-0.15, -0.1) is 0 Å². The predicted octanol–water partition coefficient (Wildman–Crippen LogP) is 3.08. The summed E-state index contributed by atoms with van der Waals surface area (Å²) >= 11 is 0. The zero-order chi connectivity index (χ0) is 13.9. The van der Waals surface area contributed by atoms with E-state index in [1.54, 1.807) is 7.11 Å². The highest BCUT2D eigenvalue weighted by atomic mass is 19.1. The van der Waals surface area contributed by atoms with Gasteiger partial charge in [0.1, 0.15) is 12.4 Å². The first kappa shape index (κ1) is 12.8. The zero-order valence-electron chi connectivity index (χ0n) is 11.2. The summed E-state index contributed by atoms with van der Waals surface area (Å²) in [4.78, 5) is 8.01. The molecule has 1 aliphatic carbocycles.